The van der Waals surface area contributed by atoms with E-state index in [4.69, 9.17) is 15.2 Å². The Kier molecular flexibility index (Phi) is 21.5. The minimum absolute atomic E-state index is 0.0730. The van der Waals surface area contributed by atoms with Crippen molar-refractivity contribution in [2.24, 2.45) is 35.3 Å². The molecule has 1 aliphatic heterocycles. The molecule has 10 atom stereocenters. The molecule has 16 heteroatoms. The molecule has 1 aliphatic rings. The monoisotopic (exact) mass is 859 g/mol. The van der Waals surface area contributed by atoms with Crippen molar-refractivity contribution >= 4 is 41.3 Å². The van der Waals surface area contributed by atoms with Crippen LogP contribution in [-0.2, 0) is 49.5 Å². The lowest BCUT2D eigenvalue weighted by atomic mass is 9.85. The first-order valence-electron chi connectivity index (χ1n) is 21.6. The van der Waals surface area contributed by atoms with Crippen LogP contribution in [0.5, 0.6) is 0 Å². The Balaban J connectivity index is 2.30. The number of hydrogen-bond donors (Lipinski definition) is 4. The van der Waals surface area contributed by atoms with Gasteiger partial charge in [-0.25, -0.2) is 0 Å². The summed E-state index contributed by atoms with van der Waals surface area (Å²) in [5.41, 5.74) is 6.23. The Morgan fingerprint density at radius 3 is 2.00 bits per heavy atom. The lowest BCUT2D eigenvalue weighted by molar-refractivity contribution is -0.149. The molecule has 16 nitrogen and oxygen atoms in total. The van der Waals surface area contributed by atoms with Gasteiger partial charge in [0.1, 0.15) is 23.9 Å². The van der Waals surface area contributed by atoms with Gasteiger partial charge in [-0.3, -0.25) is 33.6 Å². The second-order valence-corrected chi connectivity index (χ2v) is 17.3. The zero-order chi connectivity index (χ0) is 46.3. The number of nitrogens with one attached hydrogen (secondary N) is 2. The molecule has 1 fully saturated rings. The molecule has 0 unspecified atom stereocenters. The van der Waals surface area contributed by atoms with Crippen LogP contribution < -0.4 is 16.4 Å². The molecule has 5 amide bonds. The van der Waals surface area contributed by atoms with Gasteiger partial charge in [-0.05, 0) is 49.5 Å². The third kappa shape index (κ3) is 14.3. The van der Waals surface area contributed by atoms with Gasteiger partial charge in [-0.1, -0.05) is 85.2 Å². The number of Topliss-reactive ketones (excluding diaryl/α,β-unsaturated/α-hetero) is 1. The van der Waals surface area contributed by atoms with Crippen LogP contribution in [0.3, 0.4) is 0 Å². The second-order valence-electron chi connectivity index (χ2n) is 17.3. The van der Waals surface area contributed by atoms with E-state index in [1.165, 1.54) is 33.1 Å². The van der Waals surface area contributed by atoms with Crippen LogP contribution in [0.15, 0.2) is 30.3 Å². The van der Waals surface area contributed by atoms with Gasteiger partial charge in [0.05, 0.1) is 43.2 Å². The largest absolute Gasteiger partial charge is 0.481 e. The van der Waals surface area contributed by atoms with Crippen molar-refractivity contribution in [3.63, 3.8) is 0 Å². The molecule has 1 heterocycles. The third-order valence-electron chi connectivity index (χ3n) is 12.3. The van der Waals surface area contributed by atoms with Crippen LogP contribution in [0.4, 0.5) is 0 Å². The quantitative estimate of drug-likeness (QED) is 0.112. The Hall–Kier alpha value is -4.41. The highest BCUT2D eigenvalue weighted by atomic mass is 16.5. The van der Waals surface area contributed by atoms with E-state index in [1.807, 2.05) is 58.0 Å². The predicted octanol–water partition coefficient (Wildman–Crippen LogP) is 2.90. The molecule has 0 aromatic heterocycles. The van der Waals surface area contributed by atoms with E-state index in [1.54, 1.807) is 37.6 Å². The molecule has 1 aromatic rings. The molecule has 0 radical (unpaired) electrons. The van der Waals surface area contributed by atoms with Gasteiger partial charge < -0.3 is 45.6 Å². The zero-order valence-electron chi connectivity index (χ0n) is 38.5. The number of carboxylic acids is 1. The van der Waals surface area contributed by atoms with Crippen molar-refractivity contribution < 1.29 is 48.1 Å². The molecule has 1 aromatic carbocycles. The first-order chi connectivity index (χ1) is 28.7. The number of nitrogens with two attached hydrogens (primary N) is 1. The first kappa shape index (κ1) is 52.7. The summed E-state index contributed by atoms with van der Waals surface area (Å²) in [6.07, 6.45) is 0.475. The minimum atomic E-state index is -1.05. The van der Waals surface area contributed by atoms with E-state index < -0.39 is 77.9 Å². The molecule has 0 saturated carbocycles. The number of benzene rings is 1. The molecule has 61 heavy (non-hydrogen) atoms. The average molecular weight is 859 g/mol. The smallest absolute Gasteiger partial charge is 0.307 e. The van der Waals surface area contributed by atoms with Crippen LogP contribution in [0.25, 0.3) is 0 Å². The molecule has 5 N–H and O–H groups in total. The highest BCUT2D eigenvalue weighted by molar-refractivity contribution is 5.94. The van der Waals surface area contributed by atoms with Gasteiger partial charge in [-0.15, -0.1) is 0 Å². The average Bonchev–Trinajstić information content (AvgIpc) is 3.71. The maximum Gasteiger partial charge on any atom is 0.307 e. The number of amides is 5. The summed E-state index contributed by atoms with van der Waals surface area (Å²) in [5.74, 6) is -5.89. The summed E-state index contributed by atoms with van der Waals surface area (Å²) in [7, 11) is 6.12. The lowest BCUT2D eigenvalue weighted by Gasteiger charge is -2.41. The van der Waals surface area contributed by atoms with Gasteiger partial charge in [-0.2, -0.15) is 0 Å². The number of aliphatic carboxylic acids is 1. The first-order valence-corrected chi connectivity index (χ1v) is 21.6. The summed E-state index contributed by atoms with van der Waals surface area (Å²) in [4.78, 5) is 98.3. The maximum absolute atomic E-state index is 14.5. The fourth-order valence-corrected chi connectivity index (χ4v) is 8.62. The van der Waals surface area contributed by atoms with Crippen molar-refractivity contribution in [2.75, 3.05) is 41.4 Å². The van der Waals surface area contributed by atoms with Crippen LogP contribution in [0, 0.1) is 29.6 Å². The van der Waals surface area contributed by atoms with Gasteiger partial charge in [0.15, 0.2) is 0 Å². The number of hydrogen-bond acceptors (Lipinski definition) is 10. The van der Waals surface area contributed by atoms with Gasteiger partial charge in [0.25, 0.3) is 0 Å². The fraction of sp³-hybridized carbons (Fsp3) is 0.711. The third-order valence-corrected chi connectivity index (χ3v) is 12.3. The van der Waals surface area contributed by atoms with E-state index in [0.29, 0.717) is 25.8 Å². The van der Waals surface area contributed by atoms with Crippen LogP contribution >= 0.6 is 0 Å². The number of rotatable bonds is 25. The molecule has 0 aliphatic carbocycles. The lowest BCUT2D eigenvalue weighted by Crippen LogP contribution is -2.61. The molecule has 344 valence electrons. The second kappa shape index (κ2) is 24.9. The maximum atomic E-state index is 14.5. The predicted molar refractivity (Wildman–Crippen MR) is 232 cm³/mol. The van der Waals surface area contributed by atoms with Gasteiger partial charge in [0, 0.05) is 47.2 Å². The normalized spacial score (nSPS) is 18.5. The van der Waals surface area contributed by atoms with Crippen molar-refractivity contribution in [1.82, 2.24) is 25.3 Å². The number of likely N-dealkylation sites (N-methyl/N-ethyl adjacent to an activating group) is 2. The molecule has 2 rings (SSSR count). The highest BCUT2D eigenvalue weighted by Crippen LogP contribution is 2.31. The summed E-state index contributed by atoms with van der Waals surface area (Å²) < 4.78 is 11.9. The van der Waals surface area contributed by atoms with E-state index in [-0.39, 0.29) is 61.2 Å². The van der Waals surface area contributed by atoms with Crippen LogP contribution in [-0.4, -0.2) is 145 Å². The summed E-state index contributed by atoms with van der Waals surface area (Å²) in [6.45, 7) is 14.5. The van der Waals surface area contributed by atoms with Crippen molar-refractivity contribution in [3.8, 4) is 0 Å². The number of nitrogens with zero attached hydrogens (tertiary/aromatic N) is 3. The Morgan fingerprint density at radius 2 is 1.49 bits per heavy atom. The van der Waals surface area contributed by atoms with E-state index in [2.05, 4.69) is 10.6 Å². The van der Waals surface area contributed by atoms with E-state index >= 15 is 0 Å². The number of carbonyl (C=O) groups is 7. The SMILES string of the molecule is CC[C@H](C)[C@@H]([C@@H](CC(=O)N1CCC[C@H]1[C@H](OC)[C@@H](C)C(=O)C[C@@H](Cc1ccccc1)C(=O)O)OC)N(C)C(=O)[C@@H](NC(=O)[C@H](C(C)C)N(C)C(=O)[C@H](C)NC(=O)CN)C(C)C. The number of methoxy groups -OCH3 is 2. The van der Waals surface area contributed by atoms with Crippen molar-refractivity contribution in [1.29, 1.82) is 0 Å². The Bertz CT molecular complexity index is 1630. The topological polar surface area (TPSA) is 218 Å². The molecular weight excluding hydrogens is 785 g/mol. The number of carbonyl (C=O) groups excluding carboxylic acids is 6. The molecular formula is C45H74N6O10. The number of carboxylic acid groups (broad SMARTS) is 1. The summed E-state index contributed by atoms with van der Waals surface area (Å²) >= 11 is 0. The van der Waals surface area contributed by atoms with Crippen LogP contribution in [0.2, 0.25) is 0 Å². The summed E-state index contributed by atoms with van der Waals surface area (Å²) in [5, 5.41) is 15.4. The number of ketones is 1. The number of likely N-dealkylation sites (tertiary alicyclic amines) is 1. The fourth-order valence-electron chi connectivity index (χ4n) is 8.62. The number of ether oxygens (including phenoxy) is 2. The van der Waals surface area contributed by atoms with Gasteiger partial charge in [0.2, 0.25) is 29.5 Å². The van der Waals surface area contributed by atoms with Crippen molar-refractivity contribution in [2.45, 2.75) is 136 Å². The highest BCUT2D eigenvalue weighted by Gasteiger charge is 2.44. The molecule has 1 saturated heterocycles. The Labute approximate surface area is 363 Å². The van der Waals surface area contributed by atoms with E-state index in [0.717, 1.165) is 5.56 Å². The zero-order valence-corrected chi connectivity index (χ0v) is 38.5. The minimum Gasteiger partial charge on any atom is -0.481 e. The summed E-state index contributed by atoms with van der Waals surface area (Å²) in [6, 6.07) is 5.27. The molecule has 0 spiro atoms. The van der Waals surface area contributed by atoms with Crippen LogP contribution in [0.1, 0.15) is 93.1 Å². The molecule has 0 bridgehead atoms. The van der Waals surface area contributed by atoms with Crippen molar-refractivity contribution in [3.05, 3.63) is 35.9 Å². The van der Waals surface area contributed by atoms with E-state index in [9.17, 15) is 38.7 Å². The van der Waals surface area contributed by atoms with Gasteiger partial charge >= 0.3 is 5.97 Å². The standard InChI is InChI=1S/C45H74N6O10/c1-13-28(6)40(50(10)44(57)38(26(2)3)48-42(55)39(27(4)5)49(9)43(56)30(8)47-36(53)25-46)35(60-11)24-37(54)51-21-17-20-33(51)41(61-12)29(7)34(52)23-32(45(58)59)22-31-18-15-14-16-19-31/h14-16,18-19,26-30,32-33,35,38-41H,13,17,20-25,46H2,1-12H3,(H,47,53)(H,48,55)(H,58,59)/t28-,29-,30-,32+,33-,35+,38-,39-,40-,41+/m0/s1. The Morgan fingerprint density at radius 1 is 0.869 bits per heavy atom.